The number of carbonyl (C=O) groups excluding carboxylic acids is 1. The highest BCUT2D eigenvalue weighted by atomic mass is 32.1. The molecule has 1 aliphatic carbocycles. The lowest BCUT2D eigenvalue weighted by atomic mass is 10.00. The Morgan fingerprint density at radius 1 is 1.69 bits per heavy atom. The van der Waals surface area contributed by atoms with E-state index in [-0.39, 0.29) is 11.3 Å². The van der Waals surface area contributed by atoms with E-state index in [0.29, 0.717) is 0 Å². The van der Waals surface area contributed by atoms with E-state index in [1.807, 2.05) is 5.38 Å². The summed E-state index contributed by atoms with van der Waals surface area (Å²) in [5, 5.41) is 3.06. The van der Waals surface area contributed by atoms with Crippen LogP contribution in [0.3, 0.4) is 0 Å². The molecule has 1 heterocycles. The average molecular weight is 196 g/mol. The second kappa shape index (κ2) is 3.10. The van der Waals surface area contributed by atoms with Gasteiger partial charge in [0, 0.05) is 23.4 Å². The molecule has 1 fully saturated rings. The summed E-state index contributed by atoms with van der Waals surface area (Å²) in [6.45, 7) is 0. The molecule has 70 valence electrons. The number of nitrogens with two attached hydrogens (primary N) is 1. The number of rotatable bonds is 4. The maximum Gasteiger partial charge on any atom is 0.223 e. The number of primary amides is 1. The molecular formula is C9H12N2OS. The van der Waals surface area contributed by atoms with Gasteiger partial charge in [0.15, 0.2) is 0 Å². The van der Waals surface area contributed by atoms with Crippen LogP contribution in [0.25, 0.3) is 0 Å². The summed E-state index contributed by atoms with van der Waals surface area (Å²) in [6, 6.07) is 0. The summed E-state index contributed by atoms with van der Waals surface area (Å²) < 4.78 is 0. The van der Waals surface area contributed by atoms with E-state index < -0.39 is 0 Å². The number of carbonyl (C=O) groups is 1. The minimum atomic E-state index is -0.175. The van der Waals surface area contributed by atoms with Crippen molar-refractivity contribution < 1.29 is 4.79 Å². The normalized spacial score (nSPS) is 18.5. The van der Waals surface area contributed by atoms with Gasteiger partial charge in [0.05, 0.1) is 5.01 Å². The first-order valence-corrected chi connectivity index (χ1v) is 5.29. The van der Waals surface area contributed by atoms with Crippen molar-refractivity contribution in [3.63, 3.8) is 0 Å². The molecule has 0 aromatic carbocycles. The van der Waals surface area contributed by atoms with Gasteiger partial charge in [0.2, 0.25) is 5.91 Å². The molecular weight excluding hydrogens is 184 g/mol. The Morgan fingerprint density at radius 2 is 2.46 bits per heavy atom. The Balaban J connectivity index is 1.90. The van der Waals surface area contributed by atoms with E-state index in [2.05, 4.69) is 4.98 Å². The maximum atomic E-state index is 11.0. The van der Waals surface area contributed by atoms with Crippen LogP contribution in [0.5, 0.6) is 0 Å². The Morgan fingerprint density at radius 3 is 2.92 bits per heavy atom. The Bertz CT molecular complexity index is 303. The summed E-state index contributed by atoms with van der Waals surface area (Å²) >= 11 is 1.64. The number of thiazole rings is 1. The van der Waals surface area contributed by atoms with Crippen LogP contribution in [-0.4, -0.2) is 10.9 Å². The van der Waals surface area contributed by atoms with Crippen molar-refractivity contribution in [2.45, 2.75) is 25.7 Å². The monoisotopic (exact) mass is 196 g/mol. The van der Waals surface area contributed by atoms with E-state index in [1.54, 1.807) is 17.5 Å². The van der Waals surface area contributed by atoms with Gasteiger partial charge in [-0.1, -0.05) is 0 Å². The van der Waals surface area contributed by atoms with Crippen molar-refractivity contribution in [3.05, 3.63) is 16.6 Å². The van der Waals surface area contributed by atoms with E-state index in [4.69, 9.17) is 5.73 Å². The lowest BCUT2D eigenvalue weighted by molar-refractivity contribution is -0.123. The van der Waals surface area contributed by atoms with Gasteiger partial charge < -0.3 is 5.73 Å². The fourth-order valence-corrected chi connectivity index (χ4v) is 2.11. The molecule has 0 bridgehead atoms. The second-order valence-corrected chi connectivity index (χ2v) is 4.55. The van der Waals surface area contributed by atoms with Crippen LogP contribution in [0.1, 0.15) is 24.3 Å². The molecule has 0 saturated heterocycles. The van der Waals surface area contributed by atoms with Gasteiger partial charge >= 0.3 is 0 Å². The zero-order chi connectivity index (χ0) is 9.31. The second-order valence-electron chi connectivity index (χ2n) is 3.57. The fraction of sp³-hybridized carbons (Fsp3) is 0.556. The Hall–Kier alpha value is -0.900. The summed E-state index contributed by atoms with van der Waals surface area (Å²) in [4.78, 5) is 15.2. The van der Waals surface area contributed by atoms with Crippen molar-refractivity contribution >= 4 is 17.2 Å². The molecule has 1 aromatic heterocycles. The molecule has 0 aliphatic heterocycles. The quantitative estimate of drug-likeness (QED) is 0.790. The molecule has 2 rings (SSSR count). The first-order chi connectivity index (χ1) is 6.23. The van der Waals surface area contributed by atoms with Gasteiger partial charge in [-0.05, 0) is 19.3 Å². The van der Waals surface area contributed by atoms with Crippen LogP contribution in [0, 0.1) is 5.41 Å². The van der Waals surface area contributed by atoms with Crippen molar-refractivity contribution in [2.75, 3.05) is 0 Å². The third-order valence-electron chi connectivity index (χ3n) is 2.68. The van der Waals surface area contributed by atoms with Crippen LogP contribution < -0.4 is 5.73 Å². The molecule has 1 aromatic rings. The minimum Gasteiger partial charge on any atom is -0.369 e. The summed E-state index contributed by atoms with van der Waals surface area (Å²) in [5.41, 5.74) is 5.14. The van der Waals surface area contributed by atoms with Crippen LogP contribution in [0.15, 0.2) is 11.6 Å². The summed E-state index contributed by atoms with van der Waals surface area (Å²) in [7, 11) is 0. The van der Waals surface area contributed by atoms with Crippen molar-refractivity contribution in [1.82, 2.24) is 4.98 Å². The standard InChI is InChI=1S/C9H12N2OS/c10-8(12)9(3-4-9)2-1-7-11-5-6-13-7/h5-6H,1-4H2,(H2,10,12). The minimum absolute atomic E-state index is 0.135. The smallest absolute Gasteiger partial charge is 0.223 e. The van der Waals surface area contributed by atoms with E-state index >= 15 is 0 Å². The lowest BCUT2D eigenvalue weighted by Crippen LogP contribution is -2.25. The largest absolute Gasteiger partial charge is 0.369 e. The summed E-state index contributed by atoms with van der Waals surface area (Å²) in [6.07, 6.45) is 5.49. The maximum absolute atomic E-state index is 11.0. The number of amides is 1. The van der Waals surface area contributed by atoms with Crippen LogP contribution >= 0.6 is 11.3 Å². The highest BCUT2D eigenvalue weighted by Gasteiger charge is 2.47. The molecule has 4 heteroatoms. The molecule has 1 saturated carbocycles. The predicted octanol–water partition coefficient (Wildman–Crippen LogP) is 1.34. The Kier molecular flexibility index (Phi) is 2.07. The van der Waals surface area contributed by atoms with Gasteiger partial charge in [-0.2, -0.15) is 0 Å². The number of nitrogens with zero attached hydrogens (tertiary/aromatic N) is 1. The fourth-order valence-electron chi connectivity index (χ4n) is 1.49. The van der Waals surface area contributed by atoms with Crippen molar-refractivity contribution in [3.8, 4) is 0 Å². The highest BCUT2D eigenvalue weighted by molar-refractivity contribution is 7.09. The lowest BCUT2D eigenvalue weighted by Gasteiger charge is -2.07. The SMILES string of the molecule is NC(=O)C1(CCc2nccs2)CC1. The molecule has 0 unspecified atom stereocenters. The average Bonchev–Trinajstić information content (AvgIpc) is 2.73. The molecule has 2 N–H and O–H groups in total. The van der Waals surface area contributed by atoms with Gasteiger partial charge in [-0.25, -0.2) is 4.98 Å². The third-order valence-corrected chi connectivity index (χ3v) is 3.52. The number of hydrogen-bond acceptors (Lipinski definition) is 3. The van der Waals surface area contributed by atoms with Gasteiger partial charge in [0.25, 0.3) is 0 Å². The van der Waals surface area contributed by atoms with Gasteiger partial charge in [-0.15, -0.1) is 11.3 Å². The molecule has 0 radical (unpaired) electrons. The molecule has 0 atom stereocenters. The summed E-state index contributed by atoms with van der Waals surface area (Å²) in [5.74, 6) is -0.135. The molecule has 3 nitrogen and oxygen atoms in total. The zero-order valence-electron chi connectivity index (χ0n) is 7.32. The first-order valence-electron chi connectivity index (χ1n) is 4.41. The van der Waals surface area contributed by atoms with E-state index in [9.17, 15) is 4.79 Å². The molecule has 1 aliphatic rings. The van der Waals surface area contributed by atoms with E-state index in [1.165, 1.54) is 0 Å². The molecule has 1 amide bonds. The molecule has 0 spiro atoms. The topological polar surface area (TPSA) is 56.0 Å². The van der Waals surface area contributed by atoms with E-state index in [0.717, 1.165) is 30.7 Å². The van der Waals surface area contributed by atoms with Crippen molar-refractivity contribution in [2.24, 2.45) is 11.1 Å². The predicted molar refractivity (Wildman–Crippen MR) is 51.3 cm³/mol. The Labute approximate surface area is 81.0 Å². The van der Waals surface area contributed by atoms with Crippen LogP contribution in [0.4, 0.5) is 0 Å². The number of aromatic nitrogens is 1. The number of hydrogen-bond donors (Lipinski definition) is 1. The van der Waals surface area contributed by atoms with Crippen LogP contribution in [-0.2, 0) is 11.2 Å². The van der Waals surface area contributed by atoms with Gasteiger partial charge in [0.1, 0.15) is 0 Å². The first kappa shape index (κ1) is 8.69. The highest BCUT2D eigenvalue weighted by Crippen LogP contribution is 2.49. The third kappa shape index (κ3) is 1.72. The van der Waals surface area contributed by atoms with Crippen molar-refractivity contribution in [1.29, 1.82) is 0 Å². The van der Waals surface area contributed by atoms with Crippen LogP contribution in [0.2, 0.25) is 0 Å². The zero-order valence-corrected chi connectivity index (χ0v) is 8.14. The number of aryl methyl sites for hydroxylation is 1. The van der Waals surface area contributed by atoms with Gasteiger partial charge in [-0.3, -0.25) is 4.79 Å². The molecule has 13 heavy (non-hydrogen) atoms.